The van der Waals surface area contributed by atoms with Gasteiger partial charge in [-0.15, -0.1) is 6.58 Å². The second-order valence-electron chi connectivity index (χ2n) is 6.49. The number of aliphatic hydroxyl groups excluding tert-OH is 1. The second kappa shape index (κ2) is 9.93. The Hall–Kier alpha value is -1.59. The molecule has 1 aliphatic rings. The van der Waals surface area contributed by atoms with Gasteiger partial charge in [-0.3, -0.25) is 0 Å². The van der Waals surface area contributed by atoms with Crippen molar-refractivity contribution in [2.45, 2.75) is 43.2 Å². The van der Waals surface area contributed by atoms with Crippen molar-refractivity contribution in [2.75, 3.05) is 5.75 Å². The van der Waals surface area contributed by atoms with E-state index in [1.54, 1.807) is 17.8 Å². The quantitative estimate of drug-likeness (QED) is 0.671. The van der Waals surface area contributed by atoms with Crippen molar-refractivity contribution in [1.29, 1.82) is 0 Å². The van der Waals surface area contributed by atoms with E-state index < -0.39 is 6.10 Å². The van der Waals surface area contributed by atoms with Gasteiger partial charge in [0, 0.05) is 5.75 Å². The molecule has 0 saturated carbocycles. The van der Waals surface area contributed by atoms with Crippen LogP contribution in [0.15, 0.2) is 73.3 Å². The summed E-state index contributed by atoms with van der Waals surface area (Å²) >= 11 is 1.73. The number of hydrogen-bond donors (Lipinski definition) is 1. The molecule has 3 nitrogen and oxygen atoms in total. The maximum Gasteiger partial charge on any atom is 0.0992 e. The molecule has 2 aromatic rings. The van der Waals surface area contributed by atoms with Crippen LogP contribution in [0.3, 0.4) is 0 Å². The zero-order valence-corrected chi connectivity index (χ0v) is 15.7. The Balaban J connectivity index is 1.64. The summed E-state index contributed by atoms with van der Waals surface area (Å²) < 4.78 is 12.4. The second-order valence-corrected chi connectivity index (χ2v) is 7.70. The molecule has 2 aromatic carbocycles. The van der Waals surface area contributed by atoms with Crippen molar-refractivity contribution < 1.29 is 14.6 Å². The lowest BCUT2D eigenvalue weighted by molar-refractivity contribution is -0.0802. The maximum atomic E-state index is 10.5. The first-order valence-electron chi connectivity index (χ1n) is 8.99. The Morgan fingerprint density at radius 1 is 1.00 bits per heavy atom. The molecule has 0 amide bonds. The van der Waals surface area contributed by atoms with Crippen molar-refractivity contribution >= 4 is 11.8 Å². The number of hydrogen-bond acceptors (Lipinski definition) is 4. The zero-order chi connectivity index (χ0) is 18.2. The van der Waals surface area contributed by atoms with Crippen LogP contribution in [0.25, 0.3) is 0 Å². The maximum absolute atomic E-state index is 10.5. The summed E-state index contributed by atoms with van der Waals surface area (Å²) in [6.45, 7) is 4.82. The topological polar surface area (TPSA) is 38.7 Å². The smallest absolute Gasteiger partial charge is 0.0992 e. The van der Waals surface area contributed by atoms with Gasteiger partial charge < -0.3 is 14.6 Å². The fourth-order valence-electron chi connectivity index (χ4n) is 3.13. The summed E-state index contributed by atoms with van der Waals surface area (Å²) in [5, 5.41) is 10.5. The van der Waals surface area contributed by atoms with E-state index in [1.807, 2.05) is 36.4 Å². The van der Waals surface area contributed by atoms with E-state index in [9.17, 15) is 5.11 Å². The van der Waals surface area contributed by atoms with Gasteiger partial charge in [0.05, 0.1) is 36.8 Å². The van der Waals surface area contributed by atoms with Gasteiger partial charge >= 0.3 is 0 Å². The zero-order valence-electron chi connectivity index (χ0n) is 14.9. The van der Waals surface area contributed by atoms with Crippen LogP contribution >= 0.6 is 11.8 Å². The minimum absolute atomic E-state index is 0.00233. The van der Waals surface area contributed by atoms with Crippen LogP contribution in [0, 0.1) is 0 Å². The lowest BCUT2D eigenvalue weighted by atomic mass is 10.0. The normalized spacial score (nSPS) is 23.7. The molecule has 1 aliphatic heterocycles. The summed E-state index contributed by atoms with van der Waals surface area (Å²) in [6, 6.07) is 20.3. The van der Waals surface area contributed by atoms with Gasteiger partial charge in [0.15, 0.2) is 0 Å². The van der Waals surface area contributed by atoms with Gasteiger partial charge in [-0.25, -0.2) is 0 Å². The number of thioether (sulfide) groups is 1. The van der Waals surface area contributed by atoms with Gasteiger partial charge in [-0.1, -0.05) is 66.7 Å². The van der Waals surface area contributed by atoms with Crippen molar-refractivity contribution in [1.82, 2.24) is 0 Å². The number of aliphatic hydroxyl groups is 1. The van der Waals surface area contributed by atoms with Crippen molar-refractivity contribution in [3.63, 3.8) is 0 Å². The standard InChI is InChI=1S/C22H26O3S/c1-2-9-19(23)22-21(25-15-18-12-7-4-8-13-18)20(16-26-22)24-14-17-10-5-3-6-11-17/h2-8,10-13,19-23H,1,9,14-16H2/t19-,20+,21-,22+/m0/s1. The molecule has 26 heavy (non-hydrogen) atoms. The Kier molecular flexibility index (Phi) is 7.32. The van der Waals surface area contributed by atoms with Gasteiger partial charge in [0.1, 0.15) is 0 Å². The molecule has 1 fully saturated rings. The first-order chi connectivity index (χ1) is 12.8. The molecular formula is C22H26O3S. The molecule has 4 heteroatoms. The third-order valence-corrected chi connectivity index (χ3v) is 6.01. The molecule has 0 radical (unpaired) electrons. The van der Waals surface area contributed by atoms with Gasteiger partial charge in [-0.2, -0.15) is 11.8 Å². The average molecular weight is 371 g/mol. The third-order valence-electron chi connectivity index (χ3n) is 4.52. The third kappa shape index (κ3) is 5.21. The van der Waals surface area contributed by atoms with Crippen LogP contribution in [-0.4, -0.2) is 34.4 Å². The summed E-state index contributed by atoms with van der Waals surface area (Å²) in [5.41, 5.74) is 2.28. The minimum atomic E-state index is -0.469. The molecule has 4 atom stereocenters. The molecule has 0 spiro atoms. The van der Waals surface area contributed by atoms with Crippen LogP contribution in [0.4, 0.5) is 0 Å². The predicted octanol–water partition coefficient (Wildman–Crippen LogP) is 4.21. The van der Waals surface area contributed by atoms with E-state index in [2.05, 4.69) is 30.8 Å². The fraction of sp³-hybridized carbons (Fsp3) is 0.364. The van der Waals surface area contributed by atoms with Crippen LogP contribution < -0.4 is 0 Å². The van der Waals surface area contributed by atoms with Gasteiger partial charge in [0.2, 0.25) is 0 Å². The van der Waals surface area contributed by atoms with Gasteiger partial charge in [-0.05, 0) is 17.5 Å². The van der Waals surface area contributed by atoms with E-state index in [-0.39, 0.29) is 17.5 Å². The average Bonchev–Trinajstić information content (AvgIpc) is 3.09. The van der Waals surface area contributed by atoms with Crippen LogP contribution in [-0.2, 0) is 22.7 Å². The molecule has 0 bridgehead atoms. The number of benzene rings is 2. The van der Waals surface area contributed by atoms with Crippen LogP contribution in [0.5, 0.6) is 0 Å². The monoisotopic (exact) mass is 370 g/mol. The van der Waals surface area contributed by atoms with Crippen LogP contribution in [0.2, 0.25) is 0 Å². The Labute approximate surface area is 160 Å². The van der Waals surface area contributed by atoms with Crippen molar-refractivity contribution in [3.05, 3.63) is 84.4 Å². The largest absolute Gasteiger partial charge is 0.392 e. The van der Waals surface area contributed by atoms with E-state index in [0.717, 1.165) is 16.9 Å². The van der Waals surface area contributed by atoms with E-state index in [4.69, 9.17) is 9.47 Å². The predicted molar refractivity (Wildman–Crippen MR) is 107 cm³/mol. The van der Waals surface area contributed by atoms with Crippen LogP contribution in [0.1, 0.15) is 17.5 Å². The first kappa shape index (κ1) is 19.2. The summed E-state index contributed by atoms with van der Waals surface area (Å²) in [6.07, 6.45) is 1.68. The number of ether oxygens (including phenoxy) is 2. The van der Waals surface area contributed by atoms with Crippen molar-refractivity contribution in [3.8, 4) is 0 Å². The molecule has 1 N–H and O–H groups in total. The van der Waals surface area contributed by atoms with Crippen molar-refractivity contribution in [2.24, 2.45) is 0 Å². The lowest BCUT2D eigenvalue weighted by Gasteiger charge is -2.27. The Morgan fingerprint density at radius 3 is 2.15 bits per heavy atom. The first-order valence-corrected chi connectivity index (χ1v) is 10.0. The molecule has 1 saturated heterocycles. The highest BCUT2D eigenvalue weighted by Crippen LogP contribution is 2.35. The van der Waals surface area contributed by atoms with E-state index in [0.29, 0.717) is 19.6 Å². The highest BCUT2D eigenvalue weighted by Gasteiger charge is 2.41. The number of rotatable bonds is 9. The summed E-state index contributed by atoms with van der Waals surface area (Å²) in [7, 11) is 0. The highest BCUT2D eigenvalue weighted by molar-refractivity contribution is 8.00. The van der Waals surface area contributed by atoms with Gasteiger partial charge in [0.25, 0.3) is 0 Å². The molecule has 0 unspecified atom stereocenters. The van der Waals surface area contributed by atoms with E-state index >= 15 is 0 Å². The molecule has 0 aromatic heterocycles. The highest BCUT2D eigenvalue weighted by atomic mass is 32.2. The lowest BCUT2D eigenvalue weighted by Crippen LogP contribution is -2.40. The molecule has 138 valence electrons. The molecule has 0 aliphatic carbocycles. The van der Waals surface area contributed by atoms with E-state index in [1.165, 1.54) is 0 Å². The summed E-state index contributed by atoms with van der Waals surface area (Å²) in [5.74, 6) is 0.825. The molecule has 3 rings (SSSR count). The Bertz CT molecular complexity index is 662. The molecule has 1 heterocycles. The minimum Gasteiger partial charge on any atom is -0.392 e. The SMILES string of the molecule is C=CC[C@H](O)[C@H]1SC[C@@H](OCc2ccccc2)[C@@H]1OCc1ccccc1. The molecular weight excluding hydrogens is 344 g/mol. The summed E-state index contributed by atoms with van der Waals surface area (Å²) in [4.78, 5) is 0. The fourth-order valence-corrected chi connectivity index (χ4v) is 4.61. The Morgan fingerprint density at radius 2 is 1.58 bits per heavy atom.